The van der Waals surface area contributed by atoms with E-state index >= 15 is 0 Å². The molecule has 0 aromatic rings. The summed E-state index contributed by atoms with van der Waals surface area (Å²) in [6.07, 6.45) is 12.0. The molecule has 0 aliphatic rings. The fourth-order valence-electron chi connectivity index (χ4n) is 1.95. The number of carbonyl (C=O) groups is 1. The van der Waals surface area contributed by atoms with Crippen molar-refractivity contribution in [2.24, 2.45) is 10.8 Å². The summed E-state index contributed by atoms with van der Waals surface area (Å²) in [6, 6.07) is -0.580. The van der Waals surface area contributed by atoms with Gasteiger partial charge in [0.25, 0.3) is 0 Å². The minimum atomic E-state index is -0.580. The predicted molar refractivity (Wildman–Crippen MR) is 77.7 cm³/mol. The van der Waals surface area contributed by atoms with Crippen LogP contribution in [0.15, 0.2) is 5.10 Å². The standard InChI is InChI=1S/C14H29N3O/c1-3-5-6-7-8-9-10-12-13(11-4-2)16-17-14(15)18/h3-12H2,1-2H3,(H3,15,17,18)/b16-13-. The van der Waals surface area contributed by atoms with E-state index in [0.29, 0.717) is 0 Å². The zero-order valence-corrected chi connectivity index (χ0v) is 12.0. The molecule has 2 amide bonds. The fourth-order valence-corrected chi connectivity index (χ4v) is 1.95. The van der Waals surface area contributed by atoms with Gasteiger partial charge < -0.3 is 5.73 Å². The lowest BCUT2D eigenvalue weighted by Gasteiger charge is -2.05. The zero-order chi connectivity index (χ0) is 13.6. The van der Waals surface area contributed by atoms with Crippen LogP contribution in [0.2, 0.25) is 0 Å². The van der Waals surface area contributed by atoms with E-state index in [1.807, 2.05) is 0 Å². The number of nitrogens with two attached hydrogens (primary N) is 1. The average Bonchev–Trinajstić information content (AvgIpc) is 2.34. The van der Waals surface area contributed by atoms with Crippen LogP contribution in [-0.4, -0.2) is 11.7 Å². The second-order valence-corrected chi connectivity index (χ2v) is 4.78. The lowest BCUT2D eigenvalue weighted by Crippen LogP contribution is -2.25. The summed E-state index contributed by atoms with van der Waals surface area (Å²) in [6.45, 7) is 4.35. The molecule has 0 bridgehead atoms. The molecular weight excluding hydrogens is 226 g/mol. The molecule has 0 aliphatic heterocycles. The van der Waals surface area contributed by atoms with Crippen molar-refractivity contribution >= 4 is 11.7 Å². The van der Waals surface area contributed by atoms with E-state index in [-0.39, 0.29) is 0 Å². The molecule has 18 heavy (non-hydrogen) atoms. The molecule has 0 fully saturated rings. The molecule has 0 rings (SSSR count). The highest BCUT2D eigenvalue weighted by Crippen LogP contribution is 2.10. The van der Waals surface area contributed by atoms with Crippen LogP contribution in [0.1, 0.15) is 78.1 Å². The number of hydrazone groups is 1. The largest absolute Gasteiger partial charge is 0.350 e. The molecule has 0 unspecified atom stereocenters. The summed E-state index contributed by atoms with van der Waals surface area (Å²) in [5.41, 5.74) is 8.39. The molecule has 0 heterocycles. The van der Waals surface area contributed by atoms with Crippen molar-refractivity contribution in [1.29, 1.82) is 0 Å². The van der Waals surface area contributed by atoms with E-state index in [2.05, 4.69) is 24.4 Å². The minimum absolute atomic E-state index is 0.580. The van der Waals surface area contributed by atoms with Gasteiger partial charge in [0.2, 0.25) is 0 Å². The topological polar surface area (TPSA) is 67.5 Å². The normalized spacial score (nSPS) is 11.6. The van der Waals surface area contributed by atoms with Crippen LogP contribution in [-0.2, 0) is 0 Å². The van der Waals surface area contributed by atoms with Crippen molar-refractivity contribution in [3.05, 3.63) is 0 Å². The molecule has 0 saturated heterocycles. The third-order valence-corrected chi connectivity index (χ3v) is 2.93. The van der Waals surface area contributed by atoms with Crippen LogP contribution in [0.25, 0.3) is 0 Å². The van der Waals surface area contributed by atoms with Gasteiger partial charge in [-0.2, -0.15) is 5.10 Å². The third-order valence-electron chi connectivity index (χ3n) is 2.93. The molecular formula is C14H29N3O. The average molecular weight is 255 g/mol. The molecule has 0 aromatic carbocycles. The molecule has 4 nitrogen and oxygen atoms in total. The first-order valence-electron chi connectivity index (χ1n) is 7.31. The highest BCUT2D eigenvalue weighted by molar-refractivity contribution is 5.85. The number of hydrogen-bond donors (Lipinski definition) is 2. The Morgan fingerprint density at radius 1 is 0.944 bits per heavy atom. The molecule has 0 aliphatic carbocycles. The van der Waals surface area contributed by atoms with Gasteiger partial charge in [0, 0.05) is 5.71 Å². The van der Waals surface area contributed by atoms with Crippen LogP contribution < -0.4 is 11.2 Å². The Labute approximate surface area is 111 Å². The number of carbonyl (C=O) groups excluding carboxylic acids is 1. The number of nitrogens with zero attached hydrogens (tertiary/aromatic N) is 1. The van der Waals surface area contributed by atoms with Crippen LogP contribution in [0, 0.1) is 0 Å². The van der Waals surface area contributed by atoms with E-state index in [1.165, 1.54) is 38.5 Å². The quantitative estimate of drug-likeness (QED) is 0.327. The van der Waals surface area contributed by atoms with Gasteiger partial charge >= 0.3 is 6.03 Å². The second kappa shape index (κ2) is 12.4. The molecule has 0 radical (unpaired) electrons. The van der Waals surface area contributed by atoms with Gasteiger partial charge in [-0.15, -0.1) is 0 Å². The Balaban J connectivity index is 3.63. The highest BCUT2D eigenvalue weighted by Gasteiger charge is 2.00. The summed E-state index contributed by atoms with van der Waals surface area (Å²) in [5.74, 6) is 0. The van der Waals surface area contributed by atoms with Gasteiger partial charge in [-0.3, -0.25) is 0 Å². The highest BCUT2D eigenvalue weighted by atomic mass is 16.2. The number of rotatable bonds is 11. The first kappa shape index (κ1) is 16.9. The van der Waals surface area contributed by atoms with Crippen LogP contribution in [0.5, 0.6) is 0 Å². The SMILES string of the molecule is CCCCCCCCC/C(CCC)=N\NC(N)=O. The Bertz CT molecular complexity index is 239. The van der Waals surface area contributed by atoms with E-state index in [4.69, 9.17) is 5.73 Å². The van der Waals surface area contributed by atoms with Gasteiger partial charge in [0.1, 0.15) is 0 Å². The Morgan fingerprint density at radius 2 is 1.56 bits per heavy atom. The van der Waals surface area contributed by atoms with E-state index in [0.717, 1.165) is 31.4 Å². The number of hydrogen-bond acceptors (Lipinski definition) is 2. The van der Waals surface area contributed by atoms with Gasteiger partial charge in [0.15, 0.2) is 0 Å². The van der Waals surface area contributed by atoms with Crippen molar-refractivity contribution < 1.29 is 4.79 Å². The van der Waals surface area contributed by atoms with Crippen LogP contribution >= 0.6 is 0 Å². The van der Waals surface area contributed by atoms with E-state index in [9.17, 15) is 4.79 Å². The Morgan fingerprint density at radius 3 is 2.11 bits per heavy atom. The van der Waals surface area contributed by atoms with Gasteiger partial charge in [-0.25, -0.2) is 10.2 Å². The summed E-state index contributed by atoms with van der Waals surface area (Å²) < 4.78 is 0. The predicted octanol–water partition coefficient (Wildman–Crippen LogP) is 3.95. The van der Waals surface area contributed by atoms with Crippen LogP contribution in [0.4, 0.5) is 4.79 Å². The summed E-state index contributed by atoms with van der Waals surface area (Å²) in [4.78, 5) is 10.6. The maximum Gasteiger partial charge on any atom is 0.332 e. The number of amides is 2. The second-order valence-electron chi connectivity index (χ2n) is 4.78. The molecule has 0 saturated carbocycles. The summed E-state index contributed by atoms with van der Waals surface area (Å²) >= 11 is 0. The smallest absolute Gasteiger partial charge is 0.332 e. The molecule has 4 heteroatoms. The van der Waals surface area contributed by atoms with Gasteiger partial charge in [0.05, 0.1) is 0 Å². The molecule has 0 atom stereocenters. The minimum Gasteiger partial charge on any atom is -0.350 e. The fraction of sp³-hybridized carbons (Fsp3) is 0.857. The first-order valence-corrected chi connectivity index (χ1v) is 7.31. The van der Waals surface area contributed by atoms with Crippen molar-refractivity contribution in [1.82, 2.24) is 5.43 Å². The maximum atomic E-state index is 10.6. The van der Waals surface area contributed by atoms with Crippen molar-refractivity contribution in [2.45, 2.75) is 78.1 Å². The van der Waals surface area contributed by atoms with E-state index in [1.54, 1.807) is 0 Å². The number of nitrogens with one attached hydrogen (secondary N) is 1. The van der Waals surface area contributed by atoms with Gasteiger partial charge in [-0.1, -0.05) is 58.8 Å². The van der Waals surface area contributed by atoms with Crippen molar-refractivity contribution in [3.8, 4) is 0 Å². The Hall–Kier alpha value is -1.06. The monoisotopic (exact) mass is 255 g/mol. The zero-order valence-electron chi connectivity index (χ0n) is 12.0. The summed E-state index contributed by atoms with van der Waals surface area (Å²) in [5, 5.41) is 4.05. The summed E-state index contributed by atoms with van der Waals surface area (Å²) in [7, 11) is 0. The van der Waals surface area contributed by atoms with Crippen molar-refractivity contribution in [3.63, 3.8) is 0 Å². The number of urea groups is 1. The molecule has 0 spiro atoms. The lowest BCUT2D eigenvalue weighted by atomic mass is 10.0. The number of unbranched alkanes of at least 4 members (excludes halogenated alkanes) is 6. The molecule has 0 aromatic heterocycles. The number of primary amides is 1. The van der Waals surface area contributed by atoms with Crippen LogP contribution in [0.3, 0.4) is 0 Å². The van der Waals surface area contributed by atoms with Gasteiger partial charge in [-0.05, 0) is 19.3 Å². The Kier molecular flexibility index (Phi) is 11.7. The lowest BCUT2D eigenvalue weighted by molar-refractivity contribution is 0.249. The molecule has 106 valence electrons. The van der Waals surface area contributed by atoms with E-state index < -0.39 is 6.03 Å². The first-order chi connectivity index (χ1) is 8.70. The maximum absolute atomic E-state index is 10.6. The third kappa shape index (κ3) is 11.4. The van der Waals surface area contributed by atoms with Crippen molar-refractivity contribution in [2.75, 3.05) is 0 Å². The molecule has 3 N–H and O–H groups in total.